The minimum absolute atomic E-state index is 0.280. The van der Waals surface area contributed by atoms with Gasteiger partial charge in [-0.3, -0.25) is 4.79 Å². The highest BCUT2D eigenvalue weighted by molar-refractivity contribution is 7.99. The molecule has 0 bridgehead atoms. The van der Waals surface area contributed by atoms with E-state index in [4.69, 9.17) is 4.74 Å². The van der Waals surface area contributed by atoms with Gasteiger partial charge in [-0.1, -0.05) is 42.0 Å². The third-order valence-corrected chi connectivity index (χ3v) is 7.56. The number of carbonyl (C=O) groups is 3. The molecule has 0 saturated carbocycles. The number of fused-ring (bicyclic) bond motifs is 1. The zero-order chi connectivity index (χ0) is 25.9. The second-order valence-electron chi connectivity index (χ2n) is 9.24. The number of benzene rings is 3. The van der Waals surface area contributed by atoms with E-state index >= 15 is 0 Å². The summed E-state index contributed by atoms with van der Waals surface area (Å²) in [6.07, 6.45) is 0.970. The number of nitrogens with one attached hydrogen (secondary N) is 3. The zero-order valence-corrected chi connectivity index (χ0v) is 21.8. The van der Waals surface area contributed by atoms with Crippen molar-refractivity contribution in [2.75, 3.05) is 29.2 Å². The zero-order valence-electron chi connectivity index (χ0n) is 21.0. The average Bonchev–Trinajstić information content (AvgIpc) is 2.85. The highest BCUT2D eigenvalue weighted by Crippen LogP contribution is 2.31. The van der Waals surface area contributed by atoms with Gasteiger partial charge in [0.1, 0.15) is 5.54 Å². The maximum atomic E-state index is 13.6. The minimum Gasteiger partial charge on any atom is -0.467 e. The van der Waals surface area contributed by atoms with E-state index < -0.39 is 23.4 Å². The normalized spacial score (nSPS) is 14.7. The number of amides is 3. The summed E-state index contributed by atoms with van der Waals surface area (Å²) < 4.78 is 5.05. The molecule has 3 amide bonds. The van der Waals surface area contributed by atoms with E-state index in [9.17, 15) is 14.4 Å². The first-order valence-electron chi connectivity index (χ1n) is 11.9. The molecule has 1 heterocycles. The molecule has 0 atom stereocenters. The van der Waals surface area contributed by atoms with Gasteiger partial charge in [-0.15, -0.1) is 0 Å². The summed E-state index contributed by atoms with van der Waals surface area (Å²) in [4.78, 5) is 39.3. The first kappa shape index (κ1) is 25.6. The van der Waals surface area contributed by atoms with Gasteiger partial charge in [0.25, 0.3) is 5.91 Å². The second kappa shape index (κ2) is 10.6. The Morgan fingerprint density at radius 1 is 0.889 bits per heavy atom. The van der Waals surface area contributed by atoms with Crippen molar-refractivity contribution in [1.82, 2.24) is 5.32 Å². The van der Waals surface area contributed by atoms with Crippen molar-refractivity contribution >= 4 is 51.8 Å². The number of hydrogen-bond donors (Lipinski definition) is 3. The topological polar surface area (TPSA) is 96.5 Å². The number of rotatable bonds is 5. The van der Waals surface area contributed by atoms with Crippen LogP contribution in [-0.2, 0) is 9.53 Å². The van der Waals surface area contributed by atoms with Gasteiger partial charge >= 0.3 is 12.0 Å². The number of methoxy groups -OCH3 is 1. The molecule has 0 aromatic heterocycles. The SMILES string of the molecule is COC(=O)C1(NC(=O)c2cc3ccccc3cc2NC(=O)Nc2c(C)cc(C)cc2C)CCSCC1. The maximum absolute atomic E-state index is 13.6. The summed E-state index contributed by atoms with van der Waals surface area (Å²) in [6.45, 7) is 5.90. The number of thioether (sulfide) groups is 1. The standard InChI is InChI=1S/C28H31N3O4S/c1-17-13-18(2)24(19(3)14-17)30-27(34)29-23-16-21-8-6-5-7-20(21)15-22(23)25(32)31-28(26(33)35-4)9-11-36-12-10-28/h5-8,13-16H,9-12H2,1-4H3,(H,31,32)(H2,29,30,34). The van der Waals surface area contributed by atoms with Crippen LogP contribution in [0.25, 0.3) is 10.8 Å². The lowest BCUT2D eigenvalue weighted by molar-refractivity contribution is -0.148. The number of ether oxygens (including phenoxy) is 1. The number of aryl methyl sites for hydroxylation is 3. The third-order valence-electron chi connectivity index (χ3n) is 6.57. The molecule has 1 aliphatic rings. The van der Waals surface area contributed by atoms with Gasteiger partial charge in [0.15, 0.2) is 0 Å². The van der Waals surface area contributed by atoms with Crippen LogP contribution in [-0.4, -0.2) is 42.1 Å². The van der Waals surface area contributed by atoms with E-state index in [0.29, 0.717) is 18.5 Å². The molecule has 1 aliphatic heterocycles. The van der Waals surface area contributed by atoms with E-state index in [1.54, 1.807) is 23.9 Å². The lowest BCUT2D eigenvalue weighted by atomic mass is 9.91. The Balaban J connectivity index is 1.67. The number of esters is 1. The van der Waals surface area contributed by atoms with Gasteiger partial charge in [-0.2, -0.15) is 11.8 Å². The summed E-state index contributed by atoms with van der Waals surface area (Å²) in [7, 11) is 1.33. The van der Waals surface area contributed by atoms with Gasteiger partial charge in [0, 0.05) is 5.69 Å². The monoisotopic (exact) mass is 505 g/mol. The van der Waals surface area contributed by atoms with E-state index in [1.807, 2.05) is 57.2 Å². The van der Waals surface area contributed by atoms with Gasteiger partial charge in [0.05, 0.1) is 18.4 Å². The molecular formula is C28H31N3O4S. The van der Waals surface area contributed by atoms with E-state index in [2.05, 4.69) is 16.0 Å². The molecule has 36 heavy (non-hydrogen) atoms. The van der Waals surface area contributed by atoms with Crippen molar-refractivity contribution in [3.8, 4) is 0 Å². The quantitative estimate of drug-likeness (QED) is 0.394. The predicted octanol–water partition coefficient (Wildman–Crippen LogP) is 5.58. The Morgan fingerprint density at radius 2 is 1.50 bits per heavy atom. The summed E-state index contributed by atoms with van der Waals surface area (Å²) in [5, 5.41) is 10.5. The highest BCUT2D eigenvalue weighted by atomic mass is 32.2. The Morgan fingerprint density at radius 3 is 2.11 bits per heavy atom. The second-order valence-corrected chi connectivity index (χ2v) is 10.5. The molecule has 188 valence electrons. The van der Waals surface area contributed by atoms with Crippen LogP contribution in [0.1, 0.15) is 39.9 Å². The number of anilines is 2. The summed E-state index contributed by atoms with van der Waals surface area (Å²) >= 11 is 1.74. The largest absolute Gasteiger partial charge is 0.467 e. The van der Waals surface area contributed by atoms with Crippen LogP contribution in [0.2, 0.25) is 0 Å². The molecular weight excluding hydrogens is 474 g/mol. The first-order valence-corrected chi connectivity index (χ1v) is 13.1. The number of carbonyl (C=O) groups excluding carboxylic acids is 3. The highest BCUT2D eigenvalue weighted by Gasteiger charge is 2.42. The lowest BCUT2D eigenvalue weighted by Crippen LogP contribution is -2.57. The predicted molar refractivity (Wildman–Crippen MR) is 146 cm³/mol. The molecule has 0 spiro atoms. The molecule has 3 N–H and O–H groups in total. The molecule has 0 radical (unpaired) electrons. The van der Waals surface area contributed by atoms with Crippen LogP contribution in [0.5, 0.6) is 0 Å². The van der Waals surface area contributed by atoms with Crippen molar-refractivity contribution < 1.29 is 19.1 Å². The molecule has 8 heteroatoms. The minimum atomic E-state index is -1.08. The molecule has 4 rings (SSSR count). The Kier molecular flexibility index (Phi) is 7.54. The Labute approximate surface area is 215 Å². The fourth-order valence-corrected chi connectivity index (χ4v) is 5.95. The molecule has 3 aromatic rings. The van der Waals surface area contributed by atoms with Gasteiger partial charge in [-0.05, 0) is 79.2 Å². The summed E-state index contributed by atoms with van der Waals surface area (Å²) in [5.41, 5.74) is 3.31. The smallest absolute Gasteiger partial charge is 0.331 e. The van der Waals surface area contributed by atoms with E-state index in [-0.39, 0.29) is 5.56 Å². The number of urea groups is 1. The fraction of sp³-hybridized carbons (Fsp3) is 0.321. The number of hydrogen-bond acceptors (Lipinski definition) is 5. The molecule has 0 aliphatic carbocycles. The Bertz CT molecular complexity index is 1310. The van der Waals surface area contributed by atoms with E-state index in [1.165, 1.54) is 7.11 Å². The van der Waals surface area contributed by atoms with E-state index in [0.717, 1.165) is 44.7 Å². The molecule has 0 unspecified atom stereocenters. The average molecular weight is 506 g/mol. The first-order chi connectivity index (χ1) is 17.2. The van der Waals surface area contributed by atoms with Crippen molar-refractivity contribution in [1.29, 1.82) is 0 Å². The van der Waals surface area contributed by atoms with Gasteiger partial charge in [-0.25, -0.2) is 9.59 Å². The van der Waals surface area contributed by atoms with Crippen LogP contribution in [0.3, 0.4) is 0 Å². The molecule has 3 aromatic carbocycles. The summed E-state index contributed by atoms with van der Waals surface area (Å²) in [6, 6.07) is 14.7. The van der Waals surface area contributed by atoms with Gasteiger partial charge in [0.2, 0.25) is 0 Å². The molecule has 1 fully saturated rings. The van der Waals surface area contributed by atoms with Crippen molar-refractivity contribution in [3.63, 3.8) is 0 Å². The third kappa shape index (κ3) is 5.33. The fourth-order valence-electron chi connectivity index (χ4n) is 4.76. The van der Waals surface area contributed by atoms with Crippen LogP contribution in [0.15, 0.2) is 48.5 Å². The molecule has 1 saturated heterocycles. The van der Waals surface area contributed by atoms with Crippen molar-refractivity contribution in [2.45, 2.75) is 39.2 Å². The Hall–Kier alpha value is -3.52. The molecule has 7 nitrogen and oxygen atoms in total. The van der Waals surface area contributed by atoms with Crippen molar-refractivity contribution in [2.24, 2.45) is 0 Å². The van der Waals surface area contributed by atoms with Crippen LogP contribution >= 0.6 is 11.8 Å². The van der Waals surface area contributed by atoms with Crippen LogP contribution in [0.4, 0.5) is 16.2 Å². The van der Waals surface area contributed by atoms with Crippen LogP contribution in [0, 0.1) is 20.8 Å². The summed E-state index contributed by atoms with van der Waals surface area (Å²) in [5.74, 6) is 0.608. The van der Waals surface area contributed by atoms with Crippen molar-refractivity contribution in [3.05, 3.63) is 70.8 Å². The lowest BCUT2D eigenvalue weighted by Gasteiger charge is -2.35. The van der Waals surface area contributed by atoms with Crippen LogP contribution < -0.4 is 16.0 Å². The van der Waals surface area contributed by atoms with Gasteiger partial charge < -0.3 is 20.7 Å². The maximum Gasteiger partial charge on any atom is 0.331 e.